The summed E-state index contributed by atoms with van der Waals surface area (Å²) in [6.07, 6.45) is 0. The van der Waals surface area contributed by atoms with Gasteiger partial charge in [-0.05, 0) is 36.8 Å². The zero-order chi connectivity index (χ0) is 14.2. The van der Waals surface area contributed by atoms with Gasteiger partial charge in [0.15, 0.2) is 0 Å². The molecule has 1 N–H and O–H groups in total. The summed E-state index contributed by atoms with van der Waals surface area (Å²) in [5.74, 6) is -0.188. The third kappa shape index (κ3) is 4.35. The van der Waals surface area contributed by atoms with Crippen LogP contribution in [0.1, 0.15) is 12.5 Å². The number of anilines is 1. The van der Waals surface area contributed by atoms with Crippen LogP contribution in [0.15, 0.2) is 54.6 Å². The topological polar surface area (TPSA) is 15.3 Å². The van der Waals surface area contributed by atoms with E-state index in [1.54, 1.807) is 0 Å². The van der Waals surface area contributed by atoms with Gasteiger partial charge in [-0.25, -0.2) is 4.39 Å². The summed E-state index contributed by atoms with van der Waals surface area (Å²) in [4.78, 5) is 2.23. The van der Waals surface area contributed by atoms with Crippen LogP contribution >= 0.6 is 0 Å². The van der Waals surface area contributed by atoms with Gasteiger partial charge in [-0.1, -0.05) is 30.3 Å². The number of likely N-dealkylation sites (N-methyl/N-ethyl adjacent to an activating group) is 1. The maximum Gasteiger partial charge on any atom is 0.123 e. The van der Waals surface area contributed by atoms with Crippen molar-refractivity contribution in [2.75, 3.05) is 24.5 Å². The van der Waals surface area contributed by atoms with E-state index in [0.29, 0.717) is 0 Å². The highest BCUT2D eigenvalue weighted by Crippen LogP contribution is 2.13. The normalized spacial score (nSPS) is 10.5. The van der Waals surface area contributed by atoms with Crippen LogP contribution in [-0.4, -0.2) is 19.6 Å². The molecule has 106 valence electrons. The fourth-order valence-corrected chi connectivity index (χ4v) is 2.16. The molecule has 0 aliphatic rings. The minimum Gasteiger partial charge on any atom is -0.371 e. The molecule has 0 unspecified atom stereocenters. The molecule has 2 aromatic carbocycles. The minimum atomic E-state index is -0.188. The molecule has 2 rings (SSSR count). The van der Waals surface area contributed by atoms with E-state index in [9.17, 15) is 4.39 Å². The third-order valence-corrected chi connectivity index (χ3v) is 3.30. The average molecular weight is 272 g/mol. The molecule has 0 radical (unpaired) electrons. The van der Waals surface area contributed by atoms with Gasteiger partial charge in [-0.15, -0.1) is 0 Å². The first kappa shape index (κ1) is 14.5. The van der Waals surface area contributed by atoms with Crippen molar-refractivity contribution in [2.24, 2.45) is 0 Å². The first-order valence-electron chi connectivity index (χ1n) is 7.04. The molecule has 0 fully saturated rings. The zero-order valence-electron chi connectivity index (χ0n) is 11.8. The molecule has 0 aromatic heterocycles. The molecule has 20 heavy (non-hydrogen) atoms. The Morgan fingerprint density at radius 3 is 2.35 bits per heavy atom. The van der Waals surface area contributed by atoms with E-state index < -0.39 is 0 Å². The first-order valence-corrected chi connectivity index (χ1v) is 7.04. The van der Waals surface area contributed by atoms with Crippen LogP contribution in [-0.2, 0) is 6.54 Å². The number of benzene rings is 2. The highest BCUT2D eigenvalue weighted by Gasteiger charge is 2.03. The lowest BCUT2D eigenvalue weighted by Gasteiger charge is -2.23. The van der Waals surface area contributed by atoms with Crippen molar-refractivity contribution in [3.63, 3.8) is 0 Å². The zero-order valence-corrected chi connectivity index (χ0v) is 11.8. The lowest BCUT2D eigenvalue weighted by atomic mass is 10.2. The van der Waals surface area contributed by atoms with Gasteiger partial charge >= 0.3 is 0 Å². The number of nitrogens with one attached hydrogen (secondary N) is 1. The van der Waals surface area contributed by atoms with Crippen LogP contribution < -0.4 is 10.2 Å². The van der Waals surface area contributed by atoms with Crippen LogP contribution in [0.25, 0.3) is 0 Å². The summed E-state index contributed by atoms with van der Waals surface area (Å²) in [5.41, 5.74) is 2.35. The van der Waals surface area contributed by atoms with E-state index in [2.05, 4.69) is 29.3 Å². The summed E-state index contributed by atoms with van der Waals surface area (Å²) >= 11 is 0. The Balaban J connectivity index is 1.78. The number of hydrogen-bond acceptors (Lipinski definition) is 2. The largest absolute Gasteiger partial charge is 0.371 e. The molecule has 2 aromatic rings. The Bertz CT molecular complexity index is 496. The molecule has 0 heterocycles. The monoisotopic (exact) mass is 272 g/mol. The van der Waals surface area contributed by atoms with Crippen LogP contribution in [0.3, 0.4) is 0 Å². The van der Waals surface area contributed by atoms with Gasteiger partial charge in [-0.3, -0.25) is 0 Å². The Kier molecular flexibility index (Phi) is 5.56. The van der Waals surface area contributed by atoms with Crippen molar-refractivity contribution in [1.82, 2.24) is 5.32 Å². The van der Waals surface area contributed by atoms with Gasteiger partial charge in [0.1, 0.15) is 5.82 Å². The Labute approximate surface area is 120 Å². The molecule has 0 bridgehead atoms. The SMILES string of the molecule is CCN(CCNCc1ccccc1)c1ccc(F)cc1. The first-order chi connectivity index (χ1) is 9.79. The Hall–Kier alpha value is -1.87. The number of nitrogens with zero attached hydrogens (tertiary/aromatic N) is 1. The molecule has 2 nitrogen and oxygen atoms in total. The minimum absolute atomic E-state index is 0.188. The van der Waals surface area contributed by atoms with Crippen molar-refractivity contribution in [3.8, 4) is 0 Å². The standard InChI is InChI=1S/C17H21FN2/c1-2-20(17-10-8-16(18)9-11-17)13-12-19-14-15-6-4-3-5-7-15/h3-11,19H,2,12-14H2,1H3. The van der Waals surface area contributed by atoms with Gasteiger partial charge in [0, 0.05) is 31.9 Å². The summed E-state index contributed by atoms with van der Waals surface area (Å²) in [7, 11) is 0. The highest BCUT2D eigenvalue weighted by atomic mass is 19.1. The van der Waals surface area contributed by atoms with Gasteiger partial charge in [0.2, 0.25) is 0 Å². The summed E-state index contributed by atoms with van der Waals surface area (Å²) in [6, 6.07) is 17.0. The lowest BCUT2D eigenvalue weighted by Crippen LogP contribution is -2.31. The fraction of sp³-hybridized carbons (Fsp3) is 0.294. The van der Waals surface area contributed by atoms with E-state index in [4.69, 9.17) is 0 Å². The molecule has 0 saturated heterocycles. The van der Waals surface area contributed by atoms with Crippen molar-refractivity contribution < 1.29 is 4.39 Å². The molecule has 0 spiro atoms. The lowest BCUT2D eigenvalue weighted by molar-refractivity contribution is 0.626. The molecule has 0 amide bonds. The number of hydrogen-bond donors (Lipinski definition) is 1. The molecule has 0 aliphatic carbocycles. The molecule has 0 saturated carbocycles. The Morgan fingerprint density at radius 1 is 1.00 bits per heavy atom. The van der Waals surface area contributed by atoms with Crippen molar-refractivity contribution in [2.45, 2.75) is 13.5 Å². The van der Waals surface area contributed by atoms with Crippen molar-refractivity contribution >= 4 is 5.69 Å². The summed E-state index contributed by atoms with van der Waals surface area (Å²) in [5, 5.41) is 3.43. The second kappa shape index (κ2) is 7.65. The van der Waals surface area contributed by atoms with Gasteiger partial charge < -0.3 is 10.2 Å². The van der Waals surface area contributed by atoms with Crippen molar-refractivity contribution in [1.29, 1.82) is 0 Å². The second-order valence-corrected chi connectivity index (χ2v) is 4.72. The van der Waals surface area contributed by atoms with Crippen LogP contribution in [0.5, 0.6) is 0 Å². The maximum atomic E-state index is 12.9. The highest BCUT2D eigenvalue weighted by molar-refractivity contribution is 5.46. The van der Waals surface area contributed by atoms with Gasteiger partial charge in [0.25, 0.3) is 0 Å². The van der Waals surface area contributed by atoms with E-state index in [0.717, 1.165) is 31.9 Å². The van der Waals surface area contributed by atoms with Gasteiger partial charge in [-0.2, -0.15) is 0 Å². The molecule has 0 aliphatic heterocycles. The average Bonchev–Trinajstić information content (AvgIpc) is 2.50. The van der Waals surface area contributed by atoms with E-state index in [1.165, 1.54) is 17.7 Å². The smallest absolute Gasteiger partial charge is 0.123 e. The second-order valence-electron chi connectivity index (χ2n) is 4.72. The molecule has 0 atom stereocenters. The predicted molar refractivity (Wildman–Crippen MR) is 82.4 cm³/mol. The predicted octanol–water partition coefficient (Wildman–Crippen LogP) is 3.44. The number of halogens is 1. The van der Waals surface area contributed by atoms with E-state index >= 15 is 0 Å². The van der Waals surface area contributed by atoms with Crippen LogP contribution in [0.2, 0.25) is 0 Å². The summed E-state index contributed by atoms with van der Waals surface area (Å²) < 4.78 is 12.9. The van der Waals surface area contributed by atoms with E-state index in [1.807, 2.05) is 30.3 Å². The van der Waals surface area contributed by atoms with Crippen LogP contribution in [0.4, 0.5) is 10.1 Å². The van der Waals surface area contributed by atoms with Crippen molar-refractivity contribution in [3.05, 3.63) is 66.0 Å². The number of rotatable bonds is 7. The maximum absolute atomic E-state index is 12.9. The van der Waals surface area contributed by atoms with E-state index in [-0.39, 0.29) is 5.82 Å². The van der Waals surface area contributed by atoms with Gasteiger partial charge in [0.05, 0.1) is 0 Å². The summed E-state index contributed by atoms with van der Waals surface area (Å²) in [6.45, 7) is 5.72. The van der Waals surface area contributed by atoms with Crippen LogP contribution in [0, 0.1) is 5.82 Å². The Morgan fingerprint density at radius 2 is 1.70 bits per heavy atom. The molecular formula is C17H21FN2. The quantitative estimate of drug-likeness (QED) is 0.777. The third-order valence-electron chi connectivity index (χ3n) is 3.30. The molecular weight excluding hydrogens is 251 g/mol. The fourth-order valence-electron chi connectivity index (χ4n) is 2.16. The molecule has 3 heteroatoms.